The quantitative estimate of drug-likeness (QED) is 0.783. The summed E-state index contributed by atoms with van der Waals surface area (Å²) in [7, 11) is 1.92. The maximum atomic E-state index is 6.42. The number of halogens is 1. The van der Waals surface area contributed by atoms with Crippen LogP contribution in [0.15, 0.2) is 30.5 Å². The Bertz CT molecular complexity index is 729. The highest BCUT2D eigenvalue weighted by Crippen LogP contribution is 2.35. The van der Waals surface area contributed by atoms with Crippen molar-refractivity contribution in [3.8, 4) is 0 Å². The Morgan fingerprint density at radius 3 is 2.84 bits per heavy atom. The van der Waals surface area contributed by atoms with Gasteiger partial charge in [-0.1, -0.05) is 29.8 Å². The second-order valence-electron chi connectivity index (χ2n) is 4.49. The largest absolute Gasteiger partial charge is 0.377 e. The van der Waals surface area contributed by atoms with Gasteiger partial charge in [0.1, 0.15) is 0 Å². The lowest BCUT2D eigenvalue weighted by Gasteiger charge is -2.02. The molecule has 0 amide bonds. The van der Waals surface area contributed by atoms with Crippen molar-refractivity contribution in [2.45, 2.75) is 13.5 Å². The number of nitrogens with one attached hydrogen (secondary N) is 1. The lowest BCUT2D eigenvalue weighted by atomic mass is 10.2. The molecule has 2 heterocycles. The molecule has 0 aliphatic carbocycles. The molecule has 0 radical (unpaired) electrons. The zero-order valence-electron chi connectivity index (χ0n) is 10.8. The number of thiophene rings is 1. The number of hydrogen-bond donors (Lipinski definition) is 1. The Morgan fingerprint density at radius 2 is 2.16 bits per heavy atom. The third kappa shape index (κ3) is 2.33. The summed E-state index contributed by atoms with van der Waals surface area (Å²) in [6.45, 7) is 2.72. The molecule has 19 heavy (non-hydrogen) atoms. The summed E-state index contributed by atoms with van der Waals surface area (Å²) in [5.41, 5.74) is 2.05. The zero-order chi connectivity index (χ0) is 13.4. The smallest absolute Gasteiger partial charge is 0.0825 e. The van der Waals surface area contributed by atoms with Crippen molar-refractivity contribution in [2.24, 2.45) is 7.05 Å². The summed E-state index contributed by atoms with van der Waals surface area (Å²) in [5.74, 6) is 0. The molecular formula is C14H14ClN3S. The molecule has 1 aromatic carbocycles. The molecule has 0 saturated heterocycles. The van der Waals surface area contributed by atoms with E-state index in [1.54, 1.807) is 11.3 Å². The number of hydrogen-bond acceptors (Lipinski definition) is 3. The number of aromatic nitrogens is 2. The molecule has 0 aliphatic rings. The molecule has 0 spiro atoms. The van der Waals surface area contributed by atoms with Crippen molar-refractivity contribution < 1.29 is 0 Å². The third-order valence-electron chi connectivity index (χ3n) is 3.05. The normalized spacial score (nSPS) is 11.1. The third-order valence-corrected chi connectivity index (χ3v) is 4.77. The molecule has 0 bridgehead atoms. The number of rotatable bonds is 3. The molecule has 0 saturated carbocycles. The second kappa shape index (κ2) is 4.87. The van der Waals surface area contributed by atoms with Gasteiger partial charge in [0, 0.05) is 28.2 Å². The molecule has 0 atom stereocenters. The van der Waals surface area contributed by atoms with Gasteiger partial charge in [0.2, 0.25) is 0 Å². The van der Waals surface area contributed by atoms with Gasteiger partial charge in [-0.15, -0.1) is 11.3 Å². The van der Waals surface area contributed by atoms with Crippen LogP contribution < -0.4 is 5.32 Å². The molecule has 3 aromatic rings. The summed E-state index contributed by atoms with van der Waals surface area (Å²) in [5, 5.41) is 9.70. The molecule has 5 heteroatoms. The molecule has 1 N–H and O–H groups in total. The lowest BCUT2D eigenvalue weighted by molar-refractivity contribution is 0.756. The average molecular weight is 292 g/mol. The fourth-order valence-electron chi connectivity index (χ4n) is 2.13. The average Bonchev–Trinajstić information content (AvgIpc) is 2.88. The van der Waals surface area contributed by atoms with Crippen molar-refractivity contribution in [1.29, 1.82) is 0 Å². The van der Waals surface area contributed by atoms with E-state index in [1.165, 1.54) is 4.70 Å². The number of benzene rings is 1. The Morgan fingerprint density at radius 1 is 1.37 bits per heavy atom. The highest BCUT2D eigenvalue weighted by molar-refractivity contribution is 7.19. The van der Waals surface area contributed by atoms with Crippen LogP contribution in [0.4, 0.5) is 5.69 Å². The van der Waals surface area contributed by atoms with E-state index in [0.29, 0.717) is 0 Å². The molecule has 0 unspecified atom stereocenters. The van der Waals surface area contributed by atoms with E-state index in [9.17, 15) is 0 Å². The van der Waals surface area contributed by atoms with E-state index in [4.69, 9.17) is 11.6 Å². The fourth-order valence-corrected chi connectivity index (χ4v) is 3.57. The van der Waals surface area contributed by atoms with Gasteiger partial charge in [-0.2, -0.15) is 5.10 Å². The first kappa shape index (κ1) is 12.5. The van der Waals surface area contributed by atoms with Crippen molar-refractivity contribution >= 4 is 38.7 Å². The minimum atomic E-state index is 0.727. The zero-order valence-corrected chi connectivity index (χ0v) is 12.3. The Labute approximate surface area is 120 Å². The number of nitrogens with zero attached hydrogens (tertiary/aromatic N) is 2. The van der Waals surface area contributed by atoms with Gasteiger partial charge in [-0.3, -0.25) is 4.68 Å². The van der Waals surface area contributed by atoms with Crippen LogP contribution >= 0.6 is 22.9 Å². The van der Waals surface area contributed by atoms with Crippen LogP contribution in [-0.2, 0) is 13.6 Å². The van der Waals surface area contributed by atoms with E-state index in [2.05, 4.69) is 22.5 Å². The van der Waals surface area contributed by atoms with E-state index in [0.717, 1.165) is 33.2 Å². The number of anilines is 1. The first-order valence-corrected chi connectivity index (χ1v) is 7.24. The van der Waals surface area contributed by atoms with Gasteiger partial charge in [0.15, 0.2) is 0 Å². The van der Waals surface area contributed by atoms with Gasteiger partial charge in [-0.05, 0) is 13.0 Å². The first-order chi connectivity index (χ1) is 9.15. The Hall–Kier alpha value is -1.52. The Kier molecular flexibility index (Phi) is 3.21. The van der Waals surface area contributed by atoms with Crippen molar-refractivity contribution in [3.05, 3.63) is 46.1 Å². The van der Waals surface area contributed by atoms with Crippen LogP contribution in [0.2, 0.25) is 5.02 Å². The number of fused-ring (bicyclic) bond motifs is 1. The molecular weight excluding hydrogens is 278 g/mol. The standard InChI is InChI=1S/C14H14ClN3S/c1-9-11(8-18(2)17-9)16-7-13-14(15)10-5-3-4-6-12(10)19-13/h3-6,8,16H,7H2,1-2H3. The molecule has 0 fully saturated rings. The maximum Gasteiger partial charge on any atom is 0.0825 e. The maximum absolute atomic E-state index is 6.42. The predicted molar refractivity (Wildman–Crippen MR) is 82.1 cm³/mol. The van der Waals surface area contributed by atoms with Gasteiger partial charge >= 0.3 is 0 Å². The lowest BCUT2D eigenvalue weighted by Crippen LogP contribution is -1.98. The summed E-state index contributed by atoms with van der Waals surface area (Å²) < 4.78 is 3.04. The summed E-state index contributed by atoms with van der Waals surface area (Å²) in [4.78, 5) is 1.16. The SMILES string of the molecule is Cc1nn(C)cc1NCc1sc2ccccc2c1Cl. The predicted octanol–water partition coefficient (Wildman–Crippen LogP) is 4.21. The summed E-state index contributed by atoms with van der Waals surface area (Å²) >= 11 is 8.15. The van der Waals surface area contributed by atoms with Crippen molar-refractivity contribution in [3.63, 3.8) is 0 Å². The highest BCUT2D eigenvalue weighted by Gasteiger charge is 2.10. The topological polar surface area (TPSA) is 29.9 Å². The van der Waals surface area contributed by atoms with E-state index >= 15 is 0 Å². The van der Waals surface area contributed by atoms with Crippen LogP contribution in [0.25, 0.3) is 10.1 Å². The van der Waals surface area contributed by atoms with Gasteiger partial charge in [-0.25, -0.2) is 0 Å². The molecule has 3 nitrogen and oxygen atoms in total. The van der Waals surface area contributed by atoms with E-state index in [1.807, 2.05) is 37.0 Å². The van der Waals surface area contributed by atoms with Gasteiger partial charge in [0.05, 0.1) is 22.9 Å². The molecule has 98 valence electrons. The van der Waals surface area contributed by atoms with Crippen LogP contribution in [0, 0.1) is 6.92 Å². The van der Waals surface area contributed by atoms with Crippen LogP contribution in [-0.4, -0.2) is 9.78 Å². The Balaban J connectivity index is 1.86. The number of aryl methyl sites for hydroxylation is 2. The van der Waals surface area contributed by atoms with Crippen LogP contribution in [0.5, 0.6) is 0 Å². The summed E-state index contributed by atoms with van der Waals surface area (Å²) in [6, 6.07) is 8.22. The minimum Gasteiger partial charge on any atom is -0.377 e. The highest BCUT2D eigenvalue weighted by atomic mass is 35.5. The summed E-state index contributed by atoms with van der Waals surface area (Å²) in [6.07, 6.45) is 1.98. The monoisotopic (exact) mass is 291 g/mol. The second-order valence-corrected chi connectivity index (χ2v) is 6.01. The van der Waals surface area contributed by atoms with E-state index < -0.39 is 0 Å². The van der Waals surface area contributed by atoms with Crippen LogP contribution in [0.3, 0.4) is 0 Å². The first-order valence-electron chi connectivity index (χ1n) is 6.05. The molecule has 2 aromatic heterocycles. The van der Waals surface area contributed by atoms with Crippen LogP contribution in [0.1, 0.15) is 10.6 Å². The van der Waals surface area contributed by atoms with Crippen molar-refractivity contribution in [1.82, 2.24) is 9.78 Å². The van der Waals surface area contributed by atoms with Crippen molar-refractivity contribution in [2.75, 3.05) is 5.32 Å². The molecule has 0 aliphatic heterocycles. The molecule has 3 rings (SSSR count). The van der Waals surface area contributed by atoms with Gasteiger partial charge < -0.3 is 5.32 Å². The minimum absolute atomic E-state index is 0.727. The fraction of sp³-hybridized carbons (Fsp3) is 0.214. The van der Waals surface area contributed by atoms with Gasteiger partial charge in [0.25, 0.3) is 0 Å². The van der Waals surface area contributed by atoms with E-state index in [-0.39, 0.29) is 0 Å².